The molecular weight excluding hydrogens is 459 g/mol. The Bertz CT molecular complexity index is 725. The highest BCUT2D eigenvalue weighted by Gasteiger charge is 2.47. The predicted octanol–water partition coefficient (Wildman–Crippen LogP) is 4.79. The van der Waals surface area contributed by atoms with Crippen molar-refractivity contribution in [3.8, 4) is 0 Å². The number of hydrogen-bond donors (Lipinski definition) is 0. The first-order valence-corrected chi connectivity index (χ1v) is 11.3. The van der Waals surface area contributed by atoms with Crippen LogP contribution in [0.3, 0.4) is 0 Å². The molecule has 3 atom stereocenters. The van der Waals surface area contributed by atoms with Gasteiger partial charge < -0.3 is 9.64 Å². The van der Waals surface area contributed by atoms with Crippen LogP contribution in [0.2, 0.25) is 10.0 Å². The van der Waals surface area contributed by atoms with E-state index in [2.05, 4.69) is 4.90 Å². The summed E-state index contributed by atoms with van der Waals surface area (Å²) < 4.78 is 6.22. The van der Waals surface area contributed by atoms with Gasteiger partial charge in [-0.25, -0.2) is 0 Å². The predicted molar refractivity (Wildman–Crippen MR) is 134 cm³/mol. The summed E-state index contributed by atoms with van der Waals surface area (Å²) in [5.74, 6) is 0.149. The van der Waals surface area contributed by atoms with Crippen molar-refractivity contribution in [3.05, 3.63) is 33.8 Å². The molecule has 1 amide bonds. The molecule has 30 heavy (non-hydrogen) atoms. The minimum Gasteiger partial charge on any atom is -0.375 e. The number of likely N-dealkylation sites (tertiary alicyclic amines) is 1. The molecule has 0 radical (unpaired) electrons. The summed E-state index contributed by atoms with van der Waals surface area (Å²) in [5.41, 5.74) is 0.965. The zero-order chi connectivity index (χ0) is 19.7. The number of carbonyl (C=O) groups excluding carboxylic acids is 1. The average Bonchev–Trinajstić information content (AvgIpc) is 3.37. The fourth-order valence-electron chi connectivity index (χ4n) is 5.37. The lowest BCUT2D eigenvalue weighted by Crippen LogP contribution is -2.58. The van der Waals surface area contributed by atoms with Crippen LogP contribution in [0.25, 0.3) is 0 Å². The number of carbonyl (C=O) groups is 1. The van der Waals surface area contributed by atoms with Gasteiger partial charge in [0, 0.05) is 25.7 Å². The van der Waals surface area contributed by atoms with Gasteiger partial charge >= 0.3 is 0 Å². The van der Waals surface area contributed by atoms with E-state index in [-0.39, 0.29) is 44.5 Å². The van der Waals surface area contributed by atoms with Gasteiger partial charge in [0.15, 0.2) is 0 Å². The van der Waals surface area contributed by atoms with Crippen molar-refractivity contribution < 1.29 is 9.53 Å². The second kappa shape index (κ2) is 11.2. The maximum Gasteiger partial charge on any atom is 0.227 e. The van der Waals surface area contributed by atoms with Gasteiger partial charge in [0.2, 0.25) is 5.91 Å². The first kappa shape index (κ1) is 26.1. The molecule has 1 aliphatic carbocycles. The van der Waals surface area contributed by atoms with Gasteiger partial charge in [0.25, 0.3) is 0 Å². The van der Waals surface area contributed by atoms with Crippen LogP contribution in [0.5, 0.6) is 0 Å². The van der Waals surface area contributed by atoms with Crippen LogP contribution in [0.1, 0.15) is 50.5 Å². The van der Waals surface area contributed by atoms with Crippen LogP contribution in [0.15, 0.2) is 18.2 Å². The summed E-state index contributed by atoms with van der Waals surface area (Å²) in [5, 5.41) is 1.03. The molecule has 2 heterocycles. The summed E-state index contributed by atoms with van der Waals surface area (Å²) in [6, 6.07) is 6.11. The third-order valence-corrected chi connectivity index (χ3v) is 7.68. The second-order valence-corrected chi connectivity index (χ2v) is 9.50. The van der Waals surface area contributed by atoms with Crippen molar-refractivity contribution in [3.63, 3.8) is 0 Å². The van der Waals surface area contributed by atoms with Gasteiger partial charge in [-0.15, -0.1) is 0 Å². The summed E-state index contributed by atoms with van der Waals surface area (Å²) in [6.45, 7) is 3.18. The largest absolute Gasteiger partial charge is 0.375 e. The molecule has 1 unspecified atom stereocenters. The lowest BCUT2D eigenvalue weighted by Gasteiger charge is -2.48. The number of likely N-dealkylation sites (N-methyl/N-ethyl adjacent to an activating group) is 1. The summed E-state index contributed by atoms with van der Waals surface area (Å²) in [4.78, 5) is 17.7. The number of nitrogens with zero attached hydrogens (tertiary/aromatic N) is 2. The topological polar surface area (TPSA) is 32.8 Å². The Kier molecular flexibility index (Phi) is 9.72. The fraction of sp³-hybridized carbons (Fsp3) is 0.682. The van der Waals surface area contributed by atoms with Crippen LogP contribution in [-0.4, -0.2) is 60.1 Å². The molecule has 0 aromatic heterocycles. The van der Waals surface area contributed by atoms with E-state index < -0.39 is 0 Å². The van der Waals surface area contributed by atoms with E-state index in [4.69, 9.17) is 27.9 Å². The first-order valence-electron chi connectivity index (χ1n) is 10.6. The smallest absolute Gasteiger partial charge is 0.227 e. The Morgan fingerprint density at radius 3 is 2.53 bits per heavy atom. The van der Waals surface area contributed by atoms with Gasteiger partial charge in [-0.3, -0.25) is 9.69 Å². The number of benzene rings is 1. The number of hydrogen-bond acceptors (Lipinski definition) is 3. The fourth-order valence-corrected chi connectivity index (χ4v) is 5.69. The molecule has 0 bridgehead atoms. The molecule has 4 nitrogen and oxygen atoms in total. The number of amides is 1. The standard InChI is InChI=1S/C22H30Cl2N2O2.2H2S/c1-25(21(27)14-16-5-6-17(23)18(24)13-16)19-7-9-22(8-4-12-28-22)15-20(19)26-10-2-3-11-26;;/h5-6,13,19-20H,2-4,7-12,14-15H2,1H3;2*1H2/t19?,20-,22-;;/m0../s1. The molecule has 2 aliphatic heterocycles. The van der Waals surface area contributed by atoms with Gasteiger partial charge in [-0.2, -0.15) is 27.0 Å². The van der Waals surface area contributed by atoms with E-state index in [1.54, 1.807) is 12.1 Å². The van der Waals surface area contributed by atoms with Crippen molar-refractivity contribution >= 4 is 56.1 Å². The van der Waals surface area contributed by atoms with Crippen molar-refractivity contribution in [2.45, 2.75) is 69.1 Å². The highest BCUT2D eigenvalue weighted by molar-refractivity contribution is 7.59. The Labute approximate surface area is 204 Å². The van der Waals surface area contributed by atoms with E-state index in [1.807, 2.05) is 18.0 Å². The van der Waals surface area contributed by atoms with Crippen LogP contribution >= 0.6 is 50.2 Å². The highest BCUT2D eigenvalue weighted by atomic mass is 35.5. The first-order chi connectivity index (χ1) is 13.5. The lowest BCUT2D eigenvalue weighted by molar-refractivity contribution is -0.136. The van der Waals surface area contributed by atoms with E-state index in [1.165, 1.54) is 25.7 Å². The van der Waals surface area contributed by atoms with Crippen molar-refractivity contribution in [1.82, 2.24) is 9.80 Å². The Balaban J connectivity index is 0.00000160. The van der Waals surface area contributed by atoms with Gasteiger partial charge in [-0.05, 0) is 75.7 Å². The van der Waals surface area contributed by atoms with Crippen LogP contribution < -0.4 is 0 Å². The minimum absolute atomic E-state index is 0. The quantitative estimate of drug-likeness (QED) is 0.605. The third-order valence-electron chi connectivity index (χ3n) is 6.95. The SMILES string of the molecule is CN(C(=O)Cc1ccc(Cl)c(Cl)c1)C1CC[C@@]2(CCCO2)C[C@@H]1N1CCCC1.S.S. The maximum atomic E-state index is 13.1. The maximum absolute atomic E-state index is 13.1. The molecule has 0 N–H and O–H groups in total. The Morgan fingerprint density at radius 1 is 1.17 bits per heavy atom. The number of halogens is 2. The van der Waals surface area contributed by atoms with Crippen LogP contribution in [-0.2, 0) is 16.0 Å². The van der Waals surface area contributed by atoms with Crippen molar-refractivity contribution in [1.29, 1.82) is 0 Å². The van der Waals surface area contributed by atoms with Crippen molar-refractivity contribution in [2.75, 3.05) is 26.7 Å². The average molecular weight is 494 g/mol. The summed E-state index contributed by atoms with van der Waals surface area (Å²) >= 11 is 12.1. The molecule has 4 rings (SSSR count). The molecular formula is C22H34Cl2N2O2S2. The molecule has 1 spiro atoms. The molecule has 1 aromatic carbocycles. The summed E-state index contributed by atoms with van der Waals surface area (Å²) in [6.07, 6.45) is 8.36. The molecule has 8 heteroatoms. The normalized spacial score (nSPS) is 28.8. The van der Waals surface area contributed by atoms with E-state index in [9.17, 15) is 4.79 Å². The van der Waals surface area contributed by atoms with Gasteiger partial charge in [0.1, 0.15) is 0 Å². The number of rotatable bonds is 4. The van der Waals surface area contributed by atoms with E-state index >= 15 is 0 Å². The molecule has 1 saturated carbocycles. The van der Waals surface area contributed by atoms with E-state index in [0.717, 1.165) is 44.5 Å². The van der Waals surface area contributed by atoms with Gasteiger partial charge in [0.05, 0.1) is 22.1 Å². The second-order valence-electron chi connectivity index (χ2n) is 8.69. The van der Waals surface area contributed by atoms with Crippen LogP contribution in [0.4, 0.5) is 0 Å². The molecule has 1 aromatic rings. The molecule has 3 aliphatic rings. The minimum atomic E-state index is 0. The van der Waals surface area contributed by atoms with Gasteiger partial charge in [-0.1, -0.05) is 29.3 Å². The van der Waals surface area contributed by atoms with Crippen LogP contribution in [0, 0.1) is 0 Å². The zero-order valence-corrected chi connectivity index (χ0v) is 21.1. The van der Waals surface area contributed by atoms with E-state index in [0.29, 0.717) is 22.5 Å². The Hall–Kier alpha value is -0.110. The third kappa shape index (κ3) is 5.62. The summed E-state index contributed by atoms with van der Waals surface area (Å²) in [7, 11) is 1.97. The highest BCUT2D eigenvalue weighted by Crippen LogP contribution is 2.43. The zero-order valence-electron chi connectivity index (χ0n) is 17.6. The van der Waals surface area contributed by atoms with Crippen molar-refractivity contribution in [2.24, 2.45) is 0 Å². The molecule has 2 saturated heterocycles. The monoisotopic (exact) mass is 492 g/mol. The number of ether oxygens (including phenoxy) is 1. The molecule has 3 fully saturated rings. The lowest BCUT2D eigenvalue weighted by atomic mass is 9.76. The molecule has 170 valence electrons. The Morgan fingerprint density at radius 2 is 1.90 bits per heavy atom.